The highest BCUT2D eigenvalue weighted by Crippen LogP contribution is 2.32. The molecule has 2 N–H and O–H groups in total. The molecular weight excluding hydrogens is 314 g/mol. The molecule has 0 aliphatic carbocycles. The molecule has 96 valence electrons. The van der Waals surface area contributed by atoms with Gasteiger partial charge in [0.2, 0.25) is 0 Å². The van der Waals surface area contributed by atoms with E-state index in [4.69, 9.17) is 17.3 Å². The number of imidazole rings is 1. The first-order valence-electron chi connectivity index (χ1n) is 5.72. The Kier molecular flexibility index (Phi) is 4.10. The van der Waals surface area contributed by atoms with Crippen LogP contribution in [-0.4, -0.2) is 16.1 Å². The number of benzene rings is 1. The van der Waals surface area contributed by atoms with E-state index in [2.05, 4.69) is 27.8 Å². The molecule has 18 heavy (non-hydrogen) atoms. The second kappa shape index (κ2) is 5.43. The third kappa shape index (κ3) is 2.46. The summed E-state index contributed by atoms with van der Waals surface area (Å²) in [5.41, 5.74) is 8.60. The number of nitrogens with zero attached hydrogens (tertiary/aromatic N) is 2. The van der Waals surface area contributed by atoms with Crippen LogP contribution in [0.1, 0.15) is 11.4 Å². The molecule has 0 unspecified atom stereocenters. The van der Waals surface area contributed by atoms with Gasteiger partial charge in [-0.05, 0) is 31.2 Å². The Morgan fingerprint density at radius 3 is 2.83 bits per heavy atom. The molecule has 0 amide bonds. The predicted octanol–water partition coefficient (Wildman–Crippen LogP) is 3.31. The van der Waals surface area contributed by atoms with E-state index < -0.39 is 0 Å². The molecule has 0 fully saturated rings. The topological polar surface area (TPSA) is 43.8 Å². The number of nitrogens with two attached hydrogens (primary N) is 1. The Morgan fingerprint density at radius 2 is 2.17 bits per heavy atom. The van der Waals surface area contributed by atoms with Gasteiger partial charge in [0.1, 0.15) is 16.7 Å². The fraction of sp³-hybridized carbons (Fsp3) is 0.308. The van der Waals surface area contributed by atoms with Crippen LogP contribution < -0.4 is 5.73 Å². The summed E-state index contributed by atoms with van der Waals surface area (Å²) in [6, 6.07) is 6.10. The lowest BCUT2D eigenvalue weighted by Crippen LogP contribution is -2.07. The normalized spacial score (nSPS) is 10.9. The zero-order chi connectivity index (χ0) is 13.3. The molecule has 0 radical (unpaired) electrons. The van der Waals surface area contributed by atoms with Crippen LogP contribution in [0.4, 0.5) is 0 Å². The van der Waals surface area contributed by atoms with Gasteiger partial charge in [-0.1, -0.05) is 33.6 Å². The molecule has 0 saturated carbocycles. The van der Waals surface area contributed by atoms with E-state index in [1.165, 1.54) is 0 Å². The molecule has 1 heterocycles. The summed E-state index contributed by atoms with van der Waals surface area (Å²) < 4.78 is 2.91. The van der Waals surface area contributed by atoms with Crippen molar-refractivity contribution in [2.24, 2.45) is 12.8 Å². The zero-order valence-corrected chi connectivity index (χ0v) is 12.7. The summed E-state index contributed by atoms with van der Waals surface area (Å²) in [5.74, 6) is 0.914. The summed E-state index contributed by atoms with van der Waals surface area (Å²) in [7, 11) is 1.91. The van der Waals surface area contributed by atoms with E-state index in [1.54, 1.807) is 0 Å². The zero-order valence-electron chi connectivity index (χ0n) is 10.4. The fourth-order valence-corrected chi connectivity index (χ4v) is 2.50. The summed E-state index contributed by atoms with van der Waals surface area (Å²) in [5, 5.41) is 0.652. The molecule has 0 atom stereocenters. The molecule has 0 aliphatic rings. The minimum absolute atomic E-state index is 0.568. The summed E-state index contributed by atoms with van der Waals surface area (Å²) >= 11 is 9.83. The molecule has 0 aliphatic heterocycles. The van der Waals surface area contributed by atoms with Crippen LogP contribution in [0, 0.1) is 6.92 Å². The van der Waals surface area contributed by atoms with Gasteiger partial charge in [0.15, 0.2) is 0 Å². The Bertz CT molecular complexity index is 578. The molecule has 2 rings (SSSR count). The number of rotatable bonds is 3. The molecule has 0 saturated heterocycles. The van der Waals surface area contributed by atoms with E-state index in [0.29, 0.717) is 11.7 Å². The van der Waals surface area contributed by atoms with Crippen molar-refractivity contribution < 1.29 is 0 Å². The van der Waals surface area contributed by atoms with Gasteiger partial charge in [0.25, 0.3) is 0 Å². The molecule has 0 bridgehead atoms. The highest BCUT2D eigenvalue weighted by atomic mass is 79.9. The molecule has 1 aromatic carbocycles. The summed E-state index contributed by atoms with van der Waals surface area (Å²) in [4.78, 5) is 4.60. The van der Waals surface area contributed by atoms with Gasteiger partial charge in [-0.15, -0.1) is 0 Å². The highest BCUT2D eigenvalue weighted by molar-refractivity contribution is 9.10. The lowest BCUT2D eigenvalue weighted by Gasteiger charge is -2.04. The smallest absolute Gasteiger partial charge is 0.136 e. The van der Waals surface area contributed by atoms with E-state index >= 15 is 0 Å². The average Bonchev–Trinajstić information content (AvgIpc) is 2.61. The first-order valence-corrected chi connectivity index (χ1v) is 6.89. The summed E-state index contributed by atoms with van der Waals surface area (Å²) in [6.45, 7) is 2.62. The number of hydrogen-bond acceptors (Lipinski definition) is 2. The highest BCUT2D eigenvalue weighted by Gasteiger charge is 2.15. The number of halogens is 2. The number of aromatic nitrogens is 2. The van der Waals surface area contributed by atoms with Crippen LogP contribution in [0.2, 0.25) is 5.15 Å². The van der Waals surface area contributed by atoms with Gasteiger partial charge in [0.05, 0.1) is 0 Å². The van der Waals surface area contributed by atoms with E-state index in [9.17, 15) is 0 Å². The van der Waals surface area contributed by atoms with Crippen molar-refractivity contribution in [3.8, 4) is 11.3 Å². The van der Waals surface area contributed by atoms with Crippen molar-refractivity contribution >= 4 is 27.5 Å². The molecule has 0 spiro atoms. The Morgan fingerprint density at radius 1 is 1.44 bits per heavy atom. The van der Waals surface area contributed by atoms with Crippen LogP contribution in [-0.2, 0) is 13.5 Å². The first kappa shape index (κ1) is 13.6. The van der Waals surface area contributed by atoms with Crippen LogP contribution >= 0.6 is 27.5 Å². The van der Waals surface area contributed by atoms with Crippen LogP contribution in [0.15, 0.2) is 22.7 Å². The second-order valence-electron chi connectivity index (χ2n) is 4.22. The Balaban J connectivity index is 2.57. The van der Waals surface area contributed by atoms with Crippen molar-refractivity contribution in [3.05, 3.63) is 39.2 Å². The average molecular weight is 329 g/mol. The van der Waals surface area contributed by atoms with Crippen LogP contribution in [0.25, 0.3) is 11.3 Å². The minimum atomic E-state index is 0.568. The Labute approximate surface area is 120 Å². The molecule has 3 nitrogen and oxygen atoms in total. The number of aryl methyl sites for hydroxylation is 1. The van der Waals surface area contributed by atoms with Gasteiger partial charge in [-0.25, -0.2) is 4.98 Å². The third-order valence-corrected chi connectivity index (χ3v) is 3.87. The monoisotopic (exact) mass is 327 g/mol. The molecule has 5 heteroatoms. The second-order valence-corrected chi connectivity index (χ2v) is 5.50. The molecular formula is C13H15BrClN3. The van der Waals surface area contributed by atoms with Crippen LogP contribution in [0.5, 0.6) is 0 Å². The lowest BCUT2D eigenvalue weighted by atomic mass is 10.1. The fourth-order valence-electron chi connectivity index (χ4n) is 1.90. The van der Waals surface area contributed by atoms with Crippen molar-refractivity contribution in [3.63, 3.8) is 0 Å². The van der Waals surface area contributed by atoms with Gasteiger partial charge in [-0.3, -0.25) is 0 Å². The lowest BCUT2D eigenvalue weighted by molar-refractivity contribution is 0.778. The SMILES string of the molecule is Cc1ccc(Br)cc1-c1nc(CCN)n(C)c1Cl. The van der Waals surface area contributed by atoms with Gasteiger partial charge in [-0.2, -0.15) is 0 Å². The van der Waals surface area contributed by atoms with Crippen molar-refractivity contribution in [1.29, 1.82) is 0 Å². The quantitative estimate of drug-likeness (QED) is 0.939. The Hall–Kier alpha value is -0.840. The minimum Gasteiger partial charge on any atom is -0.330 e. The molecule has 2 aromatic rings. The van der Waals surface area contributed by atoms with E-state index in [0.717, 1.165) is 33.5 Å². The van der Waals surface area contributed by atoms with Crippen molar-refractivity contribution in [1.82, 2.24) is 9.55 Å². The van der Waals surface area contributed by atoms with Crippen LogP contribution in [0.3, 0.4) is 0 Å². The van der Waals surface area contributed by atoms with Gasteiger partial charge >= 0.3 is 0 Å². The maximum Gasteiger partial charge on any atom is 0.136 e. The third-order valence-electron chi connectivity index (χ3n) is 2.94. The maximum atomic E-state index is 6.35. The van der Waals surface area contributed by atoms with Crippen molar-refractivity contribution in [2.75, 3.05) is 6.54 Å². The standard InChI is InChI=1S/C13H15BrClN3/c1-8-3-4-9(14)7-10(8)12-13(15)18(2)11(17-12)5-6-16/h3-4,7H,5-6,16H2,1-2H3. The molecule has 1 aromatic heterocycles. The number of hydrogen-bond donors (Lipinski definition) is 1. The van der Waals surface area contributed by atoms with Crippen molar-refractivity contribution in [2.45, 2.75) is 13.3 Å². The first-order chi connectivity index (χ1) is 8.54. The largest absolute Gasteiger partial charge is 0.330 e. The van der Waals surface area contributed by atoms with E-state index in [1.807, 2.05) is 29.8 Å². The van der Waals surface area contributed by atoms with Gasteiger partial charge < -0.3 is 10.3 Å². The van der Waals surface area contributed by atoms with E-state index in [-0.39, 0.29) is 0 Å². The maximum absolute atomic E-state index is 6.35. The van der Waals surface area contributed by atoms with Gasteiger partial charge in [0, 0.05) is 23.5 Å². The summed E-state index contributed by atoms with van der Waals surface area (Å²) in [6.07, 6.45) is 0.725. The predicted molar refractivity (Wildman–Crippen MR) is 78.8 cm³/mol.